The molecule has 0 radical (unpaired) electrons. The largest absolute Gasteiger partial charge is 0.481 e. The molecular weight excluding hydrogens is 462 g/mol. The second kappa shape index (κ2) is 7.25. The number of rotatable bonds is 1. The lowest BCUT2D eigenvalue weighted by atomic mass is 9.31. The minimum atomic E-state index is -0.834. The van der Waals surface area contributed by atoms with Gasteiger partial charge in [0.25, 0.3) is 0 Å². The number of allylic oxidation sites excluding steroid dienone is 4. The van der Waals surface area contributed by atoms with Gasteiger partial charge in [-0.1, -0.05) is 60.1 Å². The first-order valence-electron chi connectivity index (χ1n) is 14.0. The van der Waals surface area contributed by atoms with Crippen LogP contribution >= 0.6 is 0 Å². The smallest absolute Gasteiger partial charge is 0.309 e. The topological polar surface area (TPSA) is 95.2 Å². The van der Waals surface area contributed by atoms with Crippen molar-refractivity contribution in [1.82, 2.24) is 0 Å². The van der Waals surface area contributed by atoms with Crippen molar-refractivity contribution in [3.63, 3.8) is 0 Å². The normalized spacial score (nSPS) is 50.4. The van der Waals surface area contributed by atoms with Crippen LogP contribution in [0.2, 0.25) is 0 Å². The van der Waals surface area contributed by atoms with Gasteiger partial charge in [-0.15, -0.1) is 0 Å². The zero-order chi connectivity index (χ0) is 27.6. The van der Waals surface area contributed by atoms with E-state index in [0.717, 1.165) is 37.7 Å². The minimum Gasteiger partial charge on any atom is -0.481 e. The van der Waals surface area contributed by atoms with E-state index in [1.54, 1.807) is 0 Å². The number of fused-ring (bicyclic) bond motifs is 7. The Kier molecular flexibility index (Phi) is 5.17. The molecule has 0 spiro atoms. The standard InChI is InChI=1S/C32H43NO4/c1-26(2)21-9-10-30(6)22(29(21,5)16-19(17-33)24(26)35)15-20(34)23-31(30,7)14-13-28(4)12-11-27(3,25(36)37)18-32(23,28)8/h15-16,21,23H,9-14,18H2,1-8H3,(H,36,37)/t21-,23-,27-,28+,29-,30+,31+,32-/m0/s1. The predicted molar refractivity (Wildman–Crippen MR) is 141 cm³/mol. The summed E-state index contributed by atoms with van der Waals surface area (Å²) in [4.78, 5) is 40.0. The van der Waals surface area contributed by atoms with Gasteiger partial charge in [-0.05, 0) is 85.5 Å². The van der Waals surface area contributed by atoms with Gasteiger partial charge in [0, 0.05) is 16.7 Å². The van der Waals surface area contributed by atoms with E-state index >= 15 is 0 Å². The molecule has 5 aliphatic rings. The summed E-state index contributed by atoms with van der Waals surface area (Å²) in [5.74, 6) is -0.980. The fraction of sp³-hybridized carbons (Fsp3) is 0.750. The summed E-state index contributed by atoms with van der Waals surface area (Å²) in [6.45, 7) is 17.0. The number of carbonyl (C=O) groups is 3. The van der Waals surface area contributed by atoms with Gasteiger partial charge in [0.2, 0.25) is 0 Å². The first kappa shape index (κ1) is 26.4. The molecule has 1 N–H and O–H groups in total. The van der Waals surface area contributed by atoms with Gasteiger partial charge >= 0.3 is 5.97 Å². The van der Waals surface area contributed by atoms with E-state index in [0.29, 0.717) is 12.8 Å². The molecule has 0 aromatic carbocycles. The van der Waals surface area contributed by atoms with Crippen molar-refractivity contribution in [2.75, 3.05) is 0 Å². The molecule has 0 bridgehead atoms. The molecule has 0 aromatic heterocycles. The van der Waals surface area contributed by atoms with Crippen molar-refractivity contribution in [2.45, 2.75) is 100 Å². The highest BCUT2D eigenvalue weighted by Crippen LogP contribution is 2.77. The molecule has 0 aliphatic heterocycles. The van der Waals surface area contributed by atoms with Crippen molar-refractivity contribution in [3.8, 4) is 6.07 Å². The molecule has 0 aromatic rings. The zero-order valence-corrected chi connectivity index (χ0v) is 23.9. The average Bonchev–Trinajstić information content (AvgIpc) is 2.79. The van der Waals surface area contributed by atoms with Crippen molar-refractivity contribution >= 4 is 17.5 Å². The van der Waals surface area contributed by atoms with Crippen LogP contribution in [0.3, 0.4) is 0 Å². The van der Waals surface area contributed by atoms with Crippen LogP contribution in [0.5, 0.6) is 0 Å². The van der Waals surface area contributed by atoms with Crippen LogP contribution in [0.25, 0.3) is 0 Å². The molecule has 0 unspecified atom stereocenters. The van der Waals surface area contributed by atoms with Gasteiger partial charge in [0.15, 0.2) is 11.6 Å². The van der Waals surface area contributed by atoms with Gasteiger partial charge in [0.05, 0.1) is 11.0 Å². The SMILES string of the molecule is CC1(C)C(=O)C(C#N)=C[C@]2(C)C3=CC(=O)[C@@H]4[C@]5(C)C[C@@](C)(C(=O)O)CC[C@]5(C)CC[C@@]4(C)[C@]3(C)CC[C@@H]12. The van der Waals surface area contributed by atoms with Crippen molar-refractivity contribution in [1.29, 1.82) is 5.26 Å². The van der Waals surface area contributed by atoms with E-state index < -0.39 is 27.6 Å². The number of carboxylic acid groups (broad SMARTS) is 1. The Balaban J connectivity index is 1.72. The van der Waals surface area contributed by atoms with E-state index in [1.165, 1.54) is 0 Å². The Bertz CT molecular complexity index is 1240. The number of nitriles is 1. The lowest BCUT2D eigenvalue weighted by Crippen LogP contribution is -2.68. The lowest BCUT2D eigenvalue weighted by molar-refractivity contribution is -0.207. The van der Waals surface area contributed by atoms with Crippen LogP contribution < -0.4 is 0 Å². The highest BCUT2D eigenvalue weighted by atomic mass is 16.4. The van der Waals surface area contributed by atoms with Gasteiger partial charge in [-0.3, -0.25) is 14.4 Å². The summed E-state index contributed by atoms with van der Waals surface area (Å²) < 4.78 is 0. The minimum absolute atomic E-state index is 0.0197. The Labute approximate surface area is 221 Å². The second-order valence-electron chi connectivity index (χ2n) is 15.3. The number of carbonyl (C=O) groups excluding carboxylic acids is 2. The Morgan fingerprint density at radius 2 is 1.57 bits per heavy atom. The van der Waals surface area contributed by atoms with Crippen LogP contribution in [-0.2, 0) is 14.4 Å². The fourth-order valence-electron chi connectivity index (χ4n) is 10.6. The molecule has 5 aliphatic carbocycles. The molecule has 5 nitrogen and oxygen atoms in total. The molecule has 0 saturated heterocycles. The Morgan fingerprint density at radius 3 is 2.16 bits per heavy atom. The third-order valence-electron chi connectivity index (χ3n) is 13.3. The van der Waals surface area contributed by atoms with Gasteiger partial charge in [0.1, 0.15) is 6.07 Å². The van der Waals surface area contributed by atoms with Crippen LogP contribution in [0.4, 0.5) is 0 Å². The van der Waals surface area contributed by atoms with Crippen LogP contribution in [0.1, 0.15) is 100 Å². The van der Waals surface area contributed by atoms with E-state index in [9.17, 15) is 24.8 Å². The third kappa shape index (κ3) is 2.88. The molecule has 37 heavy (non-hydrogen) atoms. The molecule has 200 valence electrons. The maximum Gasteiger partial charge on any atom is 0.309 e. The Morgan fingerprint density at radius 1 is 0.946 bits per heavy atom. The molecule has 3 fully saturated rings. The first-order valence-corrected chi connectivity index (χ1v) is 14.0. The number of aliphatic carboxylic acids is 1. The van der Waals surface area contributed by atoms with Crippen molar-refractivity contribution < 1.29 is 19.5 Å². The monoisotopic (exact) mass is 505 g/mol. The maximum atomic E-state index is 14.4. The Hall–Kier alpha value is -2.22. The fourth-order valence-corrected chi connectivity index (χ4v) is 10.6. The van der Waals surface area contributed by atoms with Gasteiger partial charge < -0.3 is 5.11 Å². The van der Waals surface area contributed by atoms with Crippen molar-refractivity contribution in [2.24, 2.45) is 49.7 Å². The average molecular weight is 506 g/mol. The van der Waals surface area contributed by atoms with E-state index in [2.05, 4.69) is 40.7 Å². The highest BCUT2D eigenvalue weighted by molar-refractivity contribution is 6.04. The predicted octanol–water partition coefficient (Wildman–Crippen LogP) is 6.68. The quantitative estimate of drug-likeness (QED) is 0.429. The number of hydrogen-bond donors (Lipinski definition) is 1. The van der Waals surface area contributed by atoms with E-state index in [4.69, 9.17) is 0 Å². The second-order valence-corrected chi connectivity index (χ2v) is 15.3. The summed E-state index contributed by atoms with van der Waals surface area (Å²) >= 11 is 0. The molecule has 3 saturated carbocycles. The van der Waals surface area contributed by atoms with Gasteiger partial charge in [-0.2, -0.15) is 5.26 Å². The molecular formula is C32H43NO4. The van der Waals surface area contributed by atoms with E-state index in [1.807, 2.05) is 32.9 Å². The first-order chi connectivity index (χ1) is 16.9. The number of carboxylic acids is 1. The summed E-state index contributed by atoms with van der Waals surface area (Å²) in [6.07, 6.45) is 9.39. The molecule has 5 rings (SSSR count). The van der Waals surface area contributed by atoms with Crippen LogP contribution in [0, 0.1) is 61.1 Å². The number of ketones is 2. The summed E-state index contributed by atoms with van der Waals surface area (Å²) in [6, 6.07) is 2.16. The summed E-state index contributed by atoms with van der Waals surface area (Å²) in [5, 5.41) is 20.0. The number of hydrogen-bond acceptors (Lipinski definition) is 4. The molecule has 0 amide bonds. The zero-order valence-electron chi connectivity index (χ0n) is 23.9. The lowest BCUT2D eigenvalue weighted by Gasteiger charge is -2.72. The third-order valence-corrected chi connectivity index (χ3v) is 13.3. The van der Waals surface area contributed by atoms with Crippen LogP contribution in [0.15, 0.2) is 23.3 Å². The van der Waals surface area contributed by atoms with E-state index in [-0.39, 0.29) is 45.2 Å². The molecule has 0 heterocycles. The molecule has 5 heteroatoms. The molecule has 8 atom stereocenters. The highest BCUT2D eigenvalue weighted by Gasteiger charge is 2.72. The maximum absolute atomic E-state index is 14.4. The number of Topliss-reactive ketones (excluding diaryl/α,β-unsaturated/α-hetero) is 1. The number of nitrogens with zero attached hydrogens (tertiary/aromatic N) is 1. The van der Waals surface area contributed by atoms with Crippen LogP contribution in [-0.4, -0.2) is 22.6 Å². The summed E-state index contributed by atoms with van der Waals surface area (Å²) in [7, 11) is 0. The summed E-state index contributed by atoms with van der Waals surface area (Å²) in [5.41, 5.74) is -1.91. The van der Waals surface area contributed by atoms with Gasteiger partial charge in [-0.25, -0.2) is 0 Å². The van der Waals surface area contributed by atoms with Crippen molar-refractivity contribution in [3.05, 3.63) is 23.3 Å².